The van der Waals surface area contributed by atoms with Crippen LogP contribution in [0.3, 0.4) is 0 Å². The molecule has 2 amide bonds. The van der Waals surface area contributed by atoms with E-state index < -0.39 is 6.04 Å². The Labute approximate surface area is 189 Å². The lowest BCUT2D eigenvalue weighted by Gasteiger charge is -2.31. The molecule has 0 unspecified atom stereocenters. The number of hydrogen-bond donors (Lipinski definition) is 1. The topological polar surface area (TPSA) is 67.9 Å². The number of halogens is 1. The zero-order valence-electron chi connectivity index (χ0n) is 18.6. The van der Waals surface area contributed by atoms with Gasteiger partial charge < -0.3 is 19.7 Å². The molecule has 1 N–H and O–H groups in total. The SMILES string of the molecule is CC[C@@H](C)NC(=O)[C@H](CC)N(Cc1cccc(OC)c1)C(=O)COc1ccccc1Cl. The maximum absolute atomic E-state index is 13.2. The van der Waals surface area contributed by atoms with Crippen molar-refractivity contribution in [3.63, 3.8) is 0 Å². The van der Waals surface area contributed by atoms with Crippen molar-refractivity contribution in [2.24, 2.45) is 0 Å². The number of amides is 2. The molecule has 0 aliphatic carbocycles. The van der Waals surface area contributed by atoms with E-state index in [1.165, 1.54) is 0 Å². The molecule has 2 aromatic carbocycles. The van der Waals surface area contributed by atoms with Crippen molar-refractivity contribution in [2.45, 2.75) is 52.2 Å². The molecule has 2 rings (SSSR count). The molecule has 0 saturated carbocycles. The van der Waals surface area contributed by atoms with Crippen molar-refractivity contribution in [2.75, 3.05) is 13.7 Å². The van der Waals surface area contributed by atoms with Crippen LogP contribution in [0.4, 0.5) is 0 Å². The van der Waals surface area contributed by atoms with Gasteiger partial charge in [-0.2, -0.15) is 0 Å². The summed E-state index contributed by atoms with van der Waals surface area (Å²) in [6.45, 7) is 5.87. The summed E-state index contributed by atoms with van der Waals surface area (Å²) in [5.74, 6) is 0.644. The molecule has 6 nitrogen and oxygen atoms in total. The van der Waals surface area contributed by atoms with Gasteiger partial charge in [-0.05, 0) is 49.6 Å². The van der Waals surface area contributed by atoms with Crippen LogP contribution >= 0.6 is 11.6 Å². The van der Waals surface area contributed by atoms with Crippen LogP contribution in [0.25, 0.3) is 0 Å². The molecule has 0 radical (unpaired) electrons. The molecule has 7 heteroatoms. The molecule has 0 aliphatic heterocycles. The first-order valence-corrected chi connectivity index (χ1v) is 10.9. The first-order valence-electron chi connectivity index (χ1n) is 10.5. The second-order valence-electron chi connectivity index (χ2n) is 7.33. The predicted molar refractivity (Wildman–Crippen MR) is 122 cm³/mol. The Morgan fingerprint density at radius 1 is 1.10 bits per heavy atom. The highest BCUT2D eigenvalue weighted by molar-refractivity contribution is 6.32. The van der Waals surface area contributed by atoms with Gasteiger partial charge in [-0.15, -0.1) is 0 Å². The second kappa shape index (κ2) is 12.2. The van der Waals surface area contributed by atoms with E-state index in [2.05, 4.69) is 5.32 Å². The summed E-state index contributed by atoms with van der Waals surface area (Å²) in [4.78, 5) is 27.7. The van der Waals surface area contributed by atoms with E-state index in [4.69, 9.17) is 21.1 Å². The lowest BCUT2D eigenvalue weighted by molar-refractivity contribution is -0.143. The number of hydrogen-bond acceptors (Lipinski definition) is 4. The molecule has 0 aliphatic rings. The number of carbonyl (C=O) groups excluding carboxylic acids is 2. The standard InChI is InChI=1S/C24H31ClN2O4/c1-5-17(3)26-24(29)21(6-2)27(15-18-10-9-11-19(14-18)30-4)23(28)16-31-22-13-8-7-12-20(22)25/h7-14,17,21H,5-6,15-16H2,1-4H3,(H,26,29)/t17-,21+/m1/s1. The Morgan fingerprint density at radius 2 is 1.84 bits per heavy atom. The highest BCUT2D eigenvalue weighted by Gasteiger charge is 2.29. The van der Waals surface area contributed by atoms with Gasteiger partial charge in [0.25, 0.3) is 5.91 Å². The van der Waals surface area contributed by atoms with Gasteiger partial charge >= 0.3 is 0 Å². The summed E-state index contributed by atoms with van der Waals surface area (Å²) in [7, 11) is 1.59. The fraction of sp³-hybridized carbons (Fsp3) is 0.417. The summed E-state index contributed by atoms with van der Waals surface area (Å²) in [5.41, 5.74) is 0.861. The molecule has 2 atom stereocenters. The normalized spacial score (nSPS) is 12.5. The number of carbonyl (C=O) groups is 2. The van der Waals surface area contributed by atoms with Gasteiger partial charge in [0.1, 0.15) is 17.5 Å². The molecule has 0 saturated heterocycles. The van der Waals surface area contributed by atoms with E-state index in [9.17, 15) is 9.59 Å². The van der Waals surface area contributed by atoms with Gasteiger partial charge in [0, 0.05) is 12.6 Å². The maximum Gasteiger partial charge on any atom is 0.261 e. The van der Waals surface area contributed by atoms with Crippen LogP contribution in [-0.4, -0.2) is 42.5 Å². The number of ether oxygens (including phenoxy) is 2. The smallest absolute Gasteiger partial charge is 0.261 e. The van der Waals surface area contributed by atoms with E-state index in [0.29, 0.717) is 22.9 Å². The molecule has 0 spiro atoms. The van der Waals surface area contributed by atoms with E-state index in [1.807, 2.05) is 45.0 Å². The molecule has 0 aromatic heterocycles. The van der Waals surface area contributed by atoms with E-state index in [1.54, 1.807) is 36.3 Å². The summed E-state index contributed by atoms with van der Waals surface area (Å²) < 4.78 is 11.0. The van der Waals surface area contributed by atoms with Crippen molar-refractivity contribution in [1.29, 1.82) is 0 Å². The predicted octanol–water partition coefficient (Wildman–Crippen LogP) is 4.45. The van der Waals surface area contributed by atoms with Gasteiger partial charge in [-0.3, -0.25) is 9.59 Å². The Hall–Kier alpha value is -2.73. The minimum Gasteiger partial charge on any atom is -0.497 e. The number of methoxy groups -OCH3 is 1. The third-order valence-electron chi connectivity index (χ3n) is 5.06. The monoisotopic (exact) mass is 446 g/mol. The van der Waals surface area contributed by atoms with Crippen LogP contribution in [-0.2, 0) is 16.1 Å². The molecule has 0 fully saturated rings. The highest BCUT2D eigenvalue weighted by atomic mass is 35.5. The summed E-state index contributed by atoms with van der Waals surface area (Å²) in [6, 6.07) is 13.8. The number of para-hydroxylation sites is 1. The van der Waals surface area contributed by atoms with Crippen LogP contribution in [0.15, 0.2) is 48.5 Å². The average Bonchev–Trinajstić information content (AvgIpc) is 2.78. The van der Waals surface area contributed by atoms with E-state index in [-0.39, 0.29) is 31.0 Å². The zero-order chi connectivity index (χ0) is 22.8. The molecular formula is C24H31ClN2O4. The lowest BCUT2D eigenvalue weighted by atomic mass is 10.1. The Morgan fingerprint density at radius 3 is 2.48 bits per heavy atom. The third-order valence-corrected chi connectivity index (χ3v) is 5.37. The summed E-state index contributed by atoms with van der Waals surface area (Å²) in [5, 5.41) is 3.41. The highest BCUT2D eigenvalue weighted by Crippen LogP contribution is 2.23. The van der Waals surface area contributed by atoms with Crippen LogP contribution in [0.2, 0.25) is 5.02 Å². The Kier molecular flexibility index (Phi) is 9.66. The maximum atomic E-state index is 13.2. The van der Waals surface area contributed by atoms with Gasteiger partial charge in [0.15, 0.2) is 6.61 Å². The third kappa shape index (κ3) is 7.17. The van der Waals surface area contributed by atoms with Crippen molar-refractivity contribution in [3.8, 4) is 11.5 Å². The van der Waals surface area contributed by atoms with Crippen molar-refractivity contribution < 1.29 is 19.1 Å². The second-order valence-corrected chi connectivity index (χ2v) is 7.74. The Bertz CT molecular complexity index is 874. The fourth-order valence-electron chi connectivity index (χ4n) is 3.11. The van der Waals surface area contributed by atoms with Crippen molar-refractivity contribution in [3.05, 3.63) is 59.1 Å². The summed E-state index contributed by atoms with van der Waals surface area (Å²) in [6.07, 6.45) is 1.28. The quantitative estimate of drug-likeness (QED) is 0.553. The van der Waals surface area contributed by atoms with Gasteiger partial charge in [-0.1, -0.05) is 49.7 Å². The van der Waals surface area contributed by atoms with Crippen LogP contribution in [0.5, 0.6) is 11.5 Å². The number of nitrogens with zero attached hydrogens (tertiary/aromatic N) is 1. The molecule has 0 bridgehead atoms. The lowest BCUT2D eigenvalue weighted by Crippen LogP contribution is -2.51. The minimum absolute atomic E-state index is 0.0229. The molecular weight excluding hydrogens is 416 g/mol. The first-order chi connectivity index (χ1) is 14.9. The Balaban J connectivity index is 2.25. The number of nitrogens with one attached hydrogen (secondary N) is 1. The molecule has 31 heavy (non-hydrogen) atoms. The van der Waals surface area contributed by atoms with Gasteiger partial charge in [-0.25, -0.2) is 0 Å². The number of rotatable bonds is 11. The van der Waals surface area contributed by atoms with Gasteiger partial charge in [0.05, 0.1) is 12.1 Å². The van der Waals surface area contributed by atoms with E-state index >= 15 is 0 Å². The van der Waals surface area contributed by atoms with Crippen LogP contribution < -0.4 is 14.8 Å². The molecule has 168 valence electrons. The van der Waals surface area contributed by atoms with Gasteiger partial charge in [0.2, 0.25) is 5.91 Å². The largest absolute Gasteiger partial charge is 0.497 e. The molecule has 2 aromatic rings. The summed E-state index contributed by atoms with van der Waals surface area (Å²) >= 11 is 6.14. The van der Waals surface area contributed by atoms with Crippen molar-refractivity contribution in [1.82, 2.24) is 10.2 Å². The van der Waals surface area contributed by atoms with Crippen LogP contribution in [0, 0.1) is 0 Å². The minimum atomic E-state index is -0.623. The first kappa shape index (κ1) is 24.5. The van der Waals surface area contributed by atoms with Crippen molar-refractivity contribution >= 4 is 23.4 Å². The van der Waals surface area contributed by atoms with E-state index in [0.717, 1.165) is 12.0 Å². The molecule has 0 heterocycles. The number of benzene rings is 2. The van der Waals surface area contributed by atoms with Crippen LogP contribution in [0.1, 0.15) is 39.2 Å². The zero-order valence-corrected chi connectivity index (χ0v) is 19.3. The fourth-order valence-corrected chi connectivity index (χ4v) is 3.30. The average molecular weight is 447 g/mol.